The zero-order valence-corrected chi connectivity index (χ0v) is 16.2. The third kappa shape index (κ3) is 3.11. The molecule has 146 valence electrons. The Morgan fingerprint density at radius 3 is 1.50 bits per heavy atom. The molecule has 0 amide bonds. The van der Waals surface area contributed by atoms with Crippen LogP contribution < -0.4 is 4.74 Å². The molecule has 3 heteroatoms. The van der Waals surface area contributed by atoms with E-state index in [0.717, 1.165) is 21.5 Å². The molecule has 0 saturated carbocycles. The van der Waals surface area contributed by atoms with Crippen molar-refractivity contribution in [2.45, 2.75) is 6.10 Å². The summed E-state index contributed by atoms with van der Waals surface area (Å²) in [5.74, 6) is 0.908. The summed E-state index contributed by atoms with van der Waals surface area (Å²) in [6, 6.07) is 32.3. The number of fused-ring (bicyclic) bond motifs is 2. The second kappa shape index (κ2) is 7.45. The Hall–Kier alpha value is -3.98. The predicted molar refractivity (Wildman–Crippen MR) is 120 cm³/mol. The molecule has 0 spiro atoms. The van der Waals surface area contributed by atoms with Crippen molar-refractivity contribution >= 4 is 21.5 Å². The Morgan fingerprint density at radius 2 is 0.967 bits per heavy atom. The van der Waals surface area contributed by atoms with Crippen LogP contribution in [0.3, 0.4) is 0 Å². The van der Waals surface area contributed by atoms with E-state index in [2.05, 4.69) is 0 Å². The molecule has 5 aromatic rings. The Morgan fingerprint density at radius 1 is 0.500 bits per heavy atom. The van der Waals surface area contributed by atoms with E-state index in [1.807, 2.05) is 91.0 Å². The van der Waals surface area contributed by atoms with Crippen molar-refractivity contribution in [2.75, 3.05) is 0 Å². The zero-order chi connectivity index (χ0) is 20.5. The number of hydrogen-bond donors (Lipinski definition) is 2. The fourth-order valence-corrected chi connectivity index (χ4v) is 4.02. The minimum absolute atomic E-state index is 0.127. The molecule has 0 radical (unpaired) electrons. The highest BCUT2D eigenvalue weighted by atomic mass is 16.5. The van der Waals surface area contributed by atoms with E-state index < -0.39 is 6.10 Å². The highest BCUT2D eigenvalue weighted by molar-refractivity contribution is 5.92. The normalized spacial score (nSPS) is 11.2. The molecule has 0 aliphatic heterocycles. The van der Waals surface area contributed by atoms with Gasteiger partial charge >= 0.3 is 0 Å². The first kappa shape index (κ1) is 18.1. The maximum atomic E-state index is 10.9. The summed E-state index contributed by atoms with van der Waals surface area (Å²) in [5, 5.41) is 25.6. The SMILES string of the molecule is Oc1ccc2ccccc2c1C(Oc1ccccc1)c1c(O)ccc2ccccc12. The fourth-order valence-electron chi connectivity index (χ4n) is 4.02. The van der Waals surface area contributed by atoms with Gasteiger partial charge < -0.3 is 14.9 Å². The summed E-state index contributed by atoms with van der Waals surface area (Å²) in [4.78, 5) is 0. The number of rotatable bonds is 4. The molecule has 0 fully saturated rings. The maximum Gasteiger partial charge on any atom is 0.157 e. The molecule has 5 aromatic carbocycles. The molecule has 0 aliphatic carbocycles. The number of benzene rings is 5. The summed E-state index contributed by atoms with van der Waals surface area (Å²) in [6.45, 7) is 0. The van der Waals surface area contributed by atoms with Crippen LogP contribution in [0.5, 0.6) is 17.2 Å². The number of hydrogen-bond acceptors (Lipinski definition) is 3. The topological polar surface area (TPSA) is 49.7 Å². The average molecular weight is 392 g/mol. The lowest BCUT2D eigenvalue weighted by Crippen LogP contribution is -2.11. The lowest BCUT2D eigenvalue weighted by Gasteiger charge is -2.24. The summed E-state index contributed by atoms with van der Waals surface area (Å²) in [7, 11) is 0. The fraction of sp³-hybridized carbons (Fsp3) is 0.0370. The molecule has 5 rings (SSSR count). The van der Waals surface area contributed by atoms with Crippen LogP contribution in [0.25, 0.3) is 21.5 Å². The molecule has 0 saturated heterocycles. The van der Waals surface area contributed by atoms with Gasteiger partial charge in [0.05, 0.1) is 0 Å². The third-order valence-electron chi connectivity index (χ3n) is 5.42. The van der Waals surface area contributed by atoms with Gasteiger partial charge in [-0.05, 0) is 45.8 Å². The summed E-state index contributed by atoms with van der Waals surface area (Å²) >= 11 is 0. The largest absolute Gasteiger partial charge is 0.507 e. The van der Waals surface area contributed by atoms with Gasteiger partial charge in [-0.1, -0.05) is 78.9 Å². The van der Waals surface area contributed by atoms with E-state index in [0.29, 0.717) is 16.9 Å². The third-order valence-corrected chi connectivity index (χ3v) is 5.42. The highest BCUT2D eigenvalue weighted by Crippen LogP contribution is 2.43. The monoisotopic (exact) mass is 392 g/mol. The van der Waals surface area contributed by atoms with E-state index in [9.17, 15) is 10.2 Å². The van der Waals surface area contributed by atoms with Crippen LogP contribution in [0.15, 0.2) is 103 Å². The van der Waals surface area contributed by atoms with Crippen LogP contribution in [-0.2, 0) is 0 Å². The van der Waals surface area contributed by atoms with Crippen molar-refractivity contribution in [2.24, 2.45) is 0 Å². The van der Waals surface area contributed by atoms with Gasteiger partial charge in [0, 0.05) is 11.1 Å². The molecular weight excluding hydrogens is 372 g/mol. The minimum Gasteiger partial charge on any atom is -0.507 e. The van der Waals surface area contributed by atoms with Gasteiger partial charge in [0.25, 0.3) is 0 Å². The highest BCUT2D eigenvalue weighted by Gasteiger charge is 2.27. The average Bonchev–Trinajstić information content (AvgIpc) is 2.79. The van der Waals surface area contributed by atoms with Gasteiger partial charge in [0.1, 0.15) is 17.2 Å². The molecular formula is C27H20O3. The number of para-hydroxylation sites is 1. The Kier molecular flexibility index (Phi) is 4.49. The van der Waals surface area contributed by atoms with Crippen LogP contribution in [-0.4, -0.2) is 10.2 Å². The minimum atomic E-state index is -0.704. The first-order valence-corrected chi connectivity index (χ1v) is 9.85. The quantitative estimate of drug-likeness (QED) is 0.363. The van der Waals surface area contributed by atoms with Gasteiger partial charge in [-0.25, -0.2) is 0 Å². The lowest BCUT2D eigenvalue weighted by atomic mass is 9.91. The van der Waals surface area contributed by atoms with Gasteiger partial charge in [0.2, 0.25) is 0 Å². The van der Waals surface area contributed by atoms with Gasteiger partial charge in [-0.15, -0.1) is 0 Å². The van der Waals surface area contributed by atoms with Gasteiger partial charge in [0.15, 0.2) is 6.10 Å². The Balaban J connectivity index is 1.83. The molecule has 0 heterocycles. The smallest absolute Gasteiger partial charge is 0.157 e. The number of phenols is 2. The standard InChI is InChI=1S/C27H20O3/c28-23-16-14-18-8-4-6-12-21(18)25(23)27(30-20-10-2-1-3-11-20)26-22-13-7-5-9-19(22)15-17-24(26)29/h1-17,27-29H. The molecule has 30 heavy (non-hydrogen) atoms. The van der Waals surface area contributed by atoms with Gasteiger partial charge in [-0.2, -0.15) is 0 Å². The lowest BCUT2D eigenvalue weighted by molar-refractivity contribution is 0.240. The zero-order valence-electron chi connectivity index (χ0n) is 16.2. The molecule has 0 atom stereocenters. The maximum absolute atomic E-state index is 10.9. The van der Waals surface area contributed by atoms with Crippen molar-refractivity contribution in [1.82, 2.24) is 0 Å². The molecule has 2 N–H and O–H groups in total. The van der Waals surface area contributed by atoms with Crippen LogP contribution in [0, 0.1) is 0 Å². The molecule has 0 bridgehead atoms. The van der Waals surface area contributed by atoms with E-state index in [1.54, 1.807) is 12.1 Å². The van der Waals surface area contributed by atoms with E-state index in [1.165, 1.54) is 0 Å². The first-order valence-electron chi connectivity index (χ1n) is 9.85. The predicted octanol–water partition coefficient (Wildman–Crippen LogP) is 6.57. The van der Waals surface area contributed by atoms with E-state index in [4.69, 9.17) is 4.74 Å². The summed E-state index contributed by atoms with van der Waals surface area (Å²) in [6.07, 6.45) is -0.704. The Bertz CT molecular complexity index is 1260. The molecule has 0 unspecified atom stereocenters. The summed E-state index contributed by atoms with van der Waals surface area (Å²) in [5.41, 5.74) is 1.26. The number of ether oxygens (including phenoxy) is 1. The molecule has 0 aliphatic rings. The van der Waals surface area contributed by atoms with Crippen LogP contribution in [0.1, 0.15) is 17.2 Å². The van der Waals surface area contributed by atoms with Crippen molar-refractivity contribution < 1.29 is 14.9 Å². The molecule has 0 aromatic heterocycles. The first-order chi connectivity index (χ1) is 14.7. The number of aromatic hydroxyl groups is 2. The number of phenolic OH excluding ortho intramolecular Hbond substituents is 2. The van der Waals surface area contributed by atoms with Gasteiger partial charge in [-0.3, -0.25) is 0 Å². The van der Waals surface area contributed by atoms with Crippen LogP contribution >= 0.6 is 0 Å². The van der Waals surface area contributed by atoms with E-state index >= 15 is 0 Å². The van der Waals surface area contributed by atoms with Crippen molar-refractivity contribution in [1.29, 1.82) is 0 Å². The van der Waals surface area contributed by atoms with E-state index in [-0.39, 0.29) is 11.5 Å². The summed E-state index contributed by atoms with van der Waals surface area (Å²) < 4.78 is 6.44. The second-order valence-electron chi connectivity index (χ2n) is 7.25. The van der Waals surface area contributed by atoms with Crippen LogP contribution in [0.2, 0.25) is 0 Å². The Labute approximate surface area is 174 Å². The second-order valence-corrected chi connectivity index (χ2v) is 7.25. The van der Waals surface area contributed by atoms with Crippen molar-refractivity contribution in [3.63, 3.8) is 0 Å². The molecule has 3 nitrogen and oxygen atoms in total. The van der Waals surface area contributed by atoms with Crippen molar-refractivity contribution in [3.8, 4) is 17.2 Å². The van der Waals surface area contributed by atoms with Crippen LogP contribution in [0.4, 0.5) is 0 Å². The van der Waals surface area contributed by atoms with Crippen molar-refractivity contribution in [3.05, 3.63) is 114 Å².